The van der Waals surface area contributed by atoms with E-state index >= 15 is 0 Å². The van der Waals surface area contributed by atoms with Crippen molar-refractivity contribution in [3.05, 3.63) is 71.4 Å². The summed E-state index contributed by atoms with van der Waals surface area (Å²) in [5, 5.41) is 3.67. The van der Waals surface area contributed by atoms with Gasteiger partial charge >= 0.3 is 0 Å². The Labute approximate surface area is 164 Å². The van der Waals surface area contributed by atoms with E-state index in [2.05, 4.69) is 68.0 Å². The molecule has 0 aromatic carbocycles. The third-order valence-electron chi connectivity index (χ3n) is 5.48. The van der Waals surface area contributed by atoms with Gasteiger partial charge in [-0.15, -0.1) is 0 Å². The minimum atomic E-state index is 0.413. The largest absolute Gasteiger partial charge is 0.398 e. The van der Waals surface area contributed by atoms with E-state index in [4.69, 9.17) is 5.73 Å². The topological polar surface area (TPSA) is 53.6 Å². The van der Waals surface area contributed by atoms with Gasteiger partial charge < -0.3 is 16.0 Å². The number of rotatable bonds is 6. The molecule has 1 heterocycles. The van der Waals surface area contributed by atoms with E-state index in [1.54, 1.807) is 6.08 Å². The Bertz CT molecular complexity index is 746. The first-order valence-corrected chi connectivity index (χ1v) is 9.71. The van der Waals surface area contributed by atoms with Gasteiger partial charge in [-0.1, -0.05) is 31.7 Å². The molecular formula is C23H34N4. The zero-order valence-corrected chi connectivity index (χ0v) is 17.4. The minimum Gasteiger partial charge on any atom is -0.398 e. The van der Waals surface area contributed by atoms with Gasteiger partial charge in [0.25, 0.3) is 0 Å². The average Bonchev–Trinajstić information content (AvgIpc) is 3.43. The lowest BCUT2D eigenvalue weighted by Crippen LogP contribution is -2.23. The SMILES string of the molecule is C=C/C=C\C(N)=C(C)C(=NC)C1CC1/C1=C(\C)N(C)/C=C\C(CC)=C/CN1. The van der Waals surface area contributed by atoms with Gasteiger partial charge in [0.1, 0.15) is 0 Å². The van der Waals surface area contributed by atoms with Gasteiger partial charge in [0.2, 0.25) is 0 Å². The van der Waals surface area contributed by atoms with Gasteiger partial charge in [0.15, 0.2) is 0 Å². The van der Waals surface area contributed by atoms with Crippen LogP contribution in [0.2, 0.25) is 0 Å². The van der Waals surface area contributed by atoms with E-state index in [9.17, 15) is 0 Å². The van der Waals surface area contributed by atoms with Crippen molar-refractivity contribution >= 4 is 5.71 Å². The van der Waals surface area contributed by atoms with Crippen LogP contribution in [0, 0.1) is 11.8 Å². The predicted molar refractivity (Wildman–Crippen MR) is 117 cm³/mol. The Morgan fingerprint density at radius 3 is 2.85 bits per heavy atom. The van der Waals surface area contributed by atoms with Crippen molar-refractivity contribution < 1.29 is 0 Å². The van der Waals surface area contributed by atoms with Crippen LogP contribution in [-0.2, 0) is 0 Å². The fourth-order valence-electron chi connectivity index (χ4n) is 3.53. The fraction of sp³-hybridized carbons (Fsp3) is 0.435. The first-order valence-electron chi connectivity index (χ1n) is 9.71. The summed E-state index contributed by atoms with van der Waals surface area (Å²) in [6.07, 6.45) is 14.3. The molecule has 2 atom stereocenters. The number of allylic oxidation sites excluding steroid dienone is 8. The third-order valence-corrected chi connectivity index (χ3v) is 5.48. The van der Waals surface area contributed by atoms with Crippen molar-refractivity contribution in [3.63, 3.8) is 0 Å². The fourth-order valence-corrected chi connectivity index (χ4v) is 3.53. The van der Waals surface area contributed by atoms with Gasteiger partial charge in [-0.25, -0.2) is 0 Å². The Kier molecular flexibility index (Phi) is 7.28. The molecule has 146 valence electrons. The molecule has 1 aliphatic carbocycles. The molecule has 0 aromatic heterocycles. The van der Waals surface area contributed by atoms with E-state index < -0.39 is 0 Å². The van der Waals surface area contributed by atoms with Crippen molar-refractivity contribution in [1.82, 2.24) is 10.2 Å². The van der Waals surface area contributed by atoms with E-state index in [1.807, 2.05) is 19.2 Å². The number of hydrogen-bond donors (Lipinski definition) is 2. The van der Waals surface area contributed by atoms with Crippen LogP contribution in [0.5, 0.6) is 0 Å². The summed E-state index contributed by atoms with van der Waals surface area (Å²) >= 11 is 0. The summed E-state index contributed by atoms with van der Waals surface area (Å²) in [5.74, 6) is 0.873. The van der Waals surface area contributed by atoms with E-state index in [0.29, 0.717) is 11.8 Å². The van der Waals surface area contributed by atoms with Crippen molar-refractivity contribution in [2.75, 3.05) is 20.6 Å². The van der Waals surface area contributed by atoms with Gasteiger partial charge in [0, 0.05) is 61.5 Å². The lowest BCUT2D eigenvalue weighted by atomic mass is 10.0. The molecule has 0 spiro atoms. The number of hydrogen-bond acceptors (Lipinski definition) is 4. The van der Waals surface area contributed by atoms with Crippen LogP contribution in [0.15, 0.2) is 76.4 Å². The van der Waals surface area contributed by atoms with E-state index in [1.165, 1.54) is 17.0 Å². The first-order chi connectivity index (χ1) is 12.9. The molecule has 0 aromatic rings. The molecule has 4 heteroatoms. The molecular weight excluding hydrogens is 332 g/mol. The van der Waals surface area contributed by atoms with Gasteiger partial charge in [0.05, 0.1) is 0 Å². The highest BCUT2D eigenvalue weighted by Crippen LogP contribution is 2.47. The molecule has 0 radical (unpaired) electrons. The molecule has 4 nitrogen and oxygen atoms in total. The normalized spacial score (nSPS) is 30.5. The quantitative estimate of drug-likeness (QED) is 0.545. The number of nitrogens with one attached hydrogen (secondary N) is 1. The standard InChI is InChI=1S/C23H34N4/c1-7-9-10-21(24)16(3)22(25-5)19-15-20(19)23-17(4)27(6)14-12-18(8-2)11-13-26-23/h7,9-12,14,19-20,26H,1,8,13,15,24H2,2-6H3/b10-9-,14-12-,18-11-,21-16?,23-17-,25-22?. The number of nitrogens with zero attached hydrogens (tertiary/aromatic N) is 2. The average molecular weight is 367 g/mol. The van der Waals surface area contributed by atoms with Crippen LogP contribution in [0.1, 0.15) is 33.6 Å². The molecule has 0 amide bonds. The molecule has 2 aliphatic rings. The van der Waals surface area contributed by atoms with Crippen molar-refractivity contribution in [2.45, 2.75) is 33.6 Å². The van der Waals surface area contributed by atoms with Crippen molar-refractivity contribution in [3.8, 4) is 0 Å². The van der Waals surface area contributed by atoms with Crippen LogP contribution in [0.25, 0.3) is 0 Å². The third kappa shape index (κ3) is 5.03. The molecule has 0 bridgehead atoms. The summed E-state index contributed by atoms with van der Waals surface area (Å²) in [7, 11) is 3.98. The van der Waals surface area contributed by atoms with Gasteiger partial charge in [-0.05, 0) is 50.0 Å². The lowest BCUT2D eigenvalue weighted by molar-refractivity contribution is 0.541. The Morgan fingerprint density at radius 1 is 1.48 bits per heavy atom. The zero-order valence-electron chi connectivity index (χ0n) is 17.4. The van der Waals surface area contributed by atoms with Crippen LogP contribution in [0.3, 0.4) is 0 Å². The maximum atomic E-state index is 6.23. The Hall–Kier alpha value is -2.49. The molecule has 2 rings (SSSR count). The molecule has 0 saturated heterocycles. The zero-order chi connectivity index (χ0) is 20.0. The van der Waals surface area contributed by atoms with Crippen LogP contribution in [-0.4, -0.2) is 31.3 Å². The maximum Gasteiger partial charge on any atom is 0.0432 e. The van der Waals surface area contributed by atoms with Crippen LogP contribution in [0.4, 0.5) is 0 Å². The van der Waals surface area contributed by atoms with E-state index in [0.717, 1.165) is 36.4 Å². The minimum absolute atomic E-state index is 0.413. The van der Waals surface area contributed by atoms with E-state index in [-0.39, 0.29) is 0 Å². The summed E-state index contributed by atoms with van der Waals surface area (Å²) in [5.41, 5.74) is 13.1. The number of nitrogens with two attached hydrogens (primary N) is 1. The highest BCUT2D eigenvalue weighted by atomic mass is 15.1. The highest BCUT2D eigenvalue weighted by Gasteiger charge is 2.45. The maximum absolute atomic E-state index is 6.23. The molecule has 1 saturated carbocycles. The second kappa shape index (κ2) is 9.45. The van der Waals surface area contributed by atoms with Gasteiger partial charge in [-0.2, -0.15) is 0 Å². The monoisotopic (exact) mass is 366 g/mol. The van der Waals surface area contributed by atoms with Crippen LogP contribution >= 0.6 is 0 Å². The molecule has 3 N–H and O–H groups in total. The van der Waals surface area contributed by atoms with Crippen molar-refractivity contribution in [2.24, 2.45) is 22.6 Å². The smallest absolute Gasteiger partial charge is 0.0432 e. The highest BCUT2D eigenvalue weighted by molar-refractivity contribution is 6.04. The summed E-state index contributed by atoms with van der Waals surface area (Å²) in [6, 6.07) is 0. The van der Waals surface area contributed by atoms with Crippen molar-refractivity contribution in [1.29, 1.82) is 0 Å². The molecule has 2 unspecified atom stereocenters. The predicted octanol–water partition coefficient (Wildman–Crippen LogP) is 4.28. The summed E-state index contributed by atoms with van der Waals surface area (Å²) in [6.45, 7) is 11.0. The summed E-state index contributed by atoms with van der Waals surface area (Å²) < 4.78 is 0. The number of aliphatic imine (C=N–C) groups is 1. The Morgan fingerprint density at radius 2 is 2.22 bits per heavy atom. The molecule has 1 aliphatic heterocycles. The van der Waals surface area contributed by atoms with Gasteiger partial charge in [-0.3, -0.25) is 4.99 Å². The second-order valence-corrected chi connectivity index (χ2v) is 7.17. The molecule has 27 heavy (non-hydrogen) atoms. The first kappa shape index (κ1) is 20.8. The Balaban J connectivity index is 2.25. The molecule has 1 fully saturated rings. The van der Waals surface area contributed by atoms with Crippen LogP contribution < -0.4 is 11.1 Å². The second-order valence-electron chi connectivity index (χ2n) is 7.17. The lowest BCUT2D eigenvalue weighted by Gasteiger charge is -2.21. The summed E-state index contributed by atoms with van der Waals surface area (Å²) in [4.78, 5) is 6.79.